The van der Waals surface area contributed by atoms with Crippen molar-refractivity contribution in [2.75, 3.05) is 0 Å². The van der Waals surface area contributed by atoms with Gasteiger partial charge in [-0.15, -0.1) is 0 Å². The van der Waals surface area contributed by atoms with Crippen LogP contribution >= 0.6 is 0 Å². The summed E-state index contributed by atoms with van der Waals surface area (Å²) in [4.78, 5) is 11.7. The maximum Gasteiger partial charge on any atom is 0.412 e. The fourth-order valence-corrected chi connectivity index (χ4v) is 1.62. The zero-order valence-corrected chi connectivity index (χ0v) is 9.95. The van der Waals surface area contributed by atoms with Gasteiger partial charge in [-0.3, -0.25) is 4.79 Å². The molecule has 7 heteroatoms. The van der Waals surface area contributed by atoms with Crippen molar-refractivity contribution >= 4 is 5.91 Å². The van der Waals surface area contributed by atoms with Gasteiger partial charge in [0, 0.05) is 0 Å². The Kier molecular flexibility index (Phi) is 3.78. The molecular formula is C13H9F4NO2. The molecule has 0 unspecified atom stereocenters. The van der Waals surface area contributed by atoms with Crippen LogP contribution in [0, 0.1) is 5.82 Å². The summed E-state index contributed by atoms with van der Waals surface area (Å²) in [6.45, 7) is 0. The van der Waals surface area contributed by atoms with Crippen LogP contribution in [0.25, 0.3) is 0 Å². The summed E-state index contributed by atoms with van der Waals surface area (Å²) < 4.78 is 56.3. The van der Waals surface area contributed by atoms with Crippen LogP contribution < -0.4 is 5.32 Å². The largest absolute Gasteiger partial charge is 0.472 e. The lowest BCUT2D eigenvalue weighted by molar-refractivity contribution is -0.155. The van der Waals surface area contributed by atoms with Crippen molar-refractivity contribution in [3.05, 3.63) is 59.8 Å². The van der Waals surface area contributed by atoms with E-state index >= 15 is 0 Å². The molecule has 20 heavy (non-hydrogen) atoms. The average molecular weight is 287 g/mol. The first-order valence-corrected chi connectivity index (χ1v) is 5.53. The second-order valence-corrected chi connectivity index (χ2v) is 4.01. The molecule has 3 nitrogen and oxygen atoms in total. The number of nitrogens with one attached hydrogen (secondary N) is 1. The summed E-state index contributed by atoms with van der Waals surface area (Å²) in [6, 6.07) is 2.78. The number of carbonyl (C=O) groups excluding carboxylic acids is 1. The molecule has 0 saturated carbocycles. The average Bonchev–Trinajstić information content (AvgIpc) is 2.89. The molecule has 1 heterocycles. The molecule has 2 aromatic rings. The predicted molar refractivity (Wildman–Crippen MR) is 61.4 cm³/mol. The maximum absolute atomic E-state index is 13.0. The number of benzene rings is 1. The highest BCUT2D eigenvalue weighted by Crippen LogP contribution is 2.33. The molecule has 106 valence electrons. The van der Waals surface area contributed by atoms with Gasteiger partial charge in [0.15, 0.2) is 6.04 Å². The fourth-order valence-electron chi connectivity index (χ4n) is 1.62. The lowest BCUT2D eigenvalue weighted by Gasteiger charge is -2.21. The second kappa shape index (κ2) is 5.36. The van der Waals surface area contributed by atoms with Crippen LogP contribution in [0.1, 0.15) is 22.0 Å². The van der Waals surface area contributed by atoms with Crippen LogP contribution in [0.4, 0.5) is 17.6 Å². The molecule has 0 fully saturated rings. The highest BCUT2D eigenvalue weighted by atomic mass is 19.4. The molecule has 0 aliphatic carbocycles. The number of carbonyl (C=O) groups is 1. The monoisotopic (exact) mass is 287 g/mol. The molecule has 2 rings (SSSR count). The maximum atomic E-state index is 13.0. The molecule has 0 saturated heterocycles. The molecule has 0 bridgehead atoms. The van der Waals surface area contributed by atoms with E-state index in [1.165, 1.54) is 12.3 Å². The van der Waals surface area contributed by atoms with Crippen molar-refractivity contribution in [1.29, 1.82) is 0 Å². The first kappa shape index (κ1) is 14.1. The van der Waals surface area contributed by atoms with Gasteiger partial charge in [0.2, 0.25) is 0 Å². The summed E-state index contributed by atoms with van der Waals surface area (Å²) in [6.07, 6.45) is -2.49. The van der Waals surface area contributed by atoms with Gasteiger partial charge >= 0.3 is 6.18 Å². The number of halogens is 4. The number of hydrogen-bond acceptors (Lipinski definition) is 2. The van der Waals surface area contributed by atoms with E-state index < -0.39 is 23.9 Å². The van der Waals surface area contributed by atoms with Crippen molar-refractivity contribution in [1.82, 2.24) is 5.32 Å². The zero-order chi connectivity index (χ0) is 14.8. The van der Waals surface area contributed by atoms with E-state index in [-0.39, 0.29) is 11.1 Å². The Balaban J connectivity index is 2.25. The molecule has 1 amide bonds. The first-order chi connectivity index (χ1) is 9.38. The minimum Gasteiger partial charge on any atom is -0.472 e. The van der Waals surface area contributed by atoms with Gasteiger partial charge in [-0.05, 0) is 23.8 Å². The number of furan rings is 1. The van der Waals surface area contributed by atoms with Crippen LogP contribution in [0.3, 0.4) is 0 Å². The summed E-state index contributed by atoms with van der Waals surface area (Å²) in [5.74, 6) is -1.58. The van der Waals surface area contributed by atoms with E-state index in [1.807, 2.05) is 5.32 Å². The Bertz CT molecular complexity index is 575. The molecule has 1 aromatic carbocycles. The summed E-state index contributed by atoms with van der Waals surface area (Å²) in [5, 5.41) is 1.85. The Morgan fingerprint density at radius 1 is 1.15 bits per heavy atom. The third-order valence-corrected chi connectivity index (χ3v) is 2.59. The summed E-state index contributed by atoms with van der Waals surface area (Å²) >= 11 is 0. The third kappa shape index (κ3) is 3.17. The van der Waals surface area contributed by atoms with Crippen LogP contribution in [-0.2, 0) is 0 Å². The molecule has 1 N–H and O–H groups in total. The highest BCUT2D eigenvalue weighted by Gasteiger charge is 2.42. The van der Waals surface area contributed by atoms with E-state index in [0.29, 0.717) is 0 Å². The highest BCUT2D eigenvalue weighted by molar-refractivity contribution is 5.94. The van der Waals surface area contributed by atoms with E-state index in [1.54, 1.807) is 0 Å². The fraction of sp³-hybridized carbons (Fsp3) is 0.154. The number of amides is 1. The molecule has 0 spiro atoms. The van der Waals surface area contributed by atoms with Crippen LogP contribution in [-0.4, -0.2) is 12.1 Å². The normalized spacial score (nSPS) is 13.0. The molecular weight excluding hydrogens is 278 g/mol. The van der Waals surface area contributed by atoms with Gasteiger partial charge in [0.25, 0.3) is 5.91 Å². The Labute approximate surface area is 111 Å². The Hall–Kier alpha value is -2.31. The lowest BCUT2D eigenvalue weighted by atomic mass is 10.1. The van der Waals surface area contributed by atoms with E-state index in [4.69, 9.17) is 0 Å². The van der Waals surface area contributed by atoms with Gasteiger partial charge in [-0.2, -0.15) is 13.2 Å². The molecule has 0 aliphatic rings. The molecule has 1 aromatic heterocycles. The van der Waals surface area contributed by atoms with E-state index in [0.717, 1.165) is 30.5 Å². The minimum atomic E-state index is -4.70. The third-order valence-electron chi connectivity index (χ3n) is 2.59. The van der Waals surface area contributed by atoms with Crippen molar-refractivity contribution in [2.45, 2.75) is 12.2 Å². The smallest absolute Gasteiger partial charge is 0.412 e. The van der Waals surface area contributed by atoms with Crippen molar-refractivity contribution < 1.29 is 26.8 Å². The predicted octanol–water partition coefficient (Wildman–Crippen LogP) is 3.45. The SMILES string of the molecule is O=C(N[C@H](c1ccc(F)cc1)C(F)(F)F)c1ccoc1. The van der Waals surface area contributed by atoms with Crippen LogP contribution in [0.15, 0.2) is 47.3 Å². The lowest BCUT2D eigenvalue weighted by Crippen LogP contribution is -2.38. The van der Waals surface area contributed by atoms with Gasteiger partial charge < -0.3 is 9.73 Å². The number of rotatable bonds is 3. The van der Waals surface area contributed by atoms with E-state index in [9.17, 15) is 22.4 Å². The van der Waals surface area contributed by atoms with Crippen LogP contribution in [0.5, 0.6) is 0 Å². The topological polar surface area (TPSA) is 42.2 Å². The first-order valence-electron chi connectivity index (χ1n) is 5.53. The quantitative estimate of drug-likeness (QED) is 0.878. The van der Waals surface area contributed by atoms with Crippen molar-refractivity contribution in [3.8, 4) is 0 Å². The van der Waals surface area contributed by atoms with Gasteiger partial charge in [0.05, 0.1) is 11.8 Å². The Morgan fingerprint density at radius 2 is 1.80 bits per heavy atom. The number of alkyl halides is 3. The standard InChI is InChI=1S/C13H9F4NO2/c14-10-3-1-8(2-4-10)11(13(15,16)17)18-12(19)9-5-6-20-7-9/h1-7,11H,(H,18,19)/t11-/m1/s1. The van der Waals surface area contributed by atoms with Gasteiger partial charge in [-0.25, -0.2) is 4.39 Å². The van der Waals surface area contributed by atoms with Gasteiger partial charge in [-0.1, -0.05) is 12.1 Å². The minimum absolute atomic E-state index is 0.0265. The zero-order valence-electron chi connectivity index (χ0n) is 9.95. The molecule has 0 aliphatic heterocycles. The van der Waals surface area contributed by atoms with E-state index in [2.05, 4.69) is 4.42 Å². The van der Waals surface area contributed by atoms with Gasteiger partial charge in [0.1, 0.15) is 12.1 Å². The summed E-state index contributed by atoms with van der Waals surface area (Å²) in [5.41, 5.74) is -0.280. The molecule has 0 radical (unpaired) electrons. The van der Waals surface area contributed by atoms with Crippen molar-refractivity contribution in [3.63, 3.8) is 0 Å². The summed E-state index contributed by atoms with van der Waals surface area (Å²) in [7, 11) is 0. The number of hydrogen-bond donors (Lipinski definition) is 1. The van der Waals surface area contributed by atoms with Crippen LogP contribution in [0.2, 0.25) is 0 Å². The van der Waals surface area contributed by atoms with Crippen molar-refractivity contribution in [2.24, 2.45) is 0 Å². The second-order valence-electron chi connectivity index (χ2n) is 4.01. The molecule has 1 atom stereocenters. The Morgan fingerprint density at radius 3 is 2.30 bits per heavy atom.